The molecule has 1 amide bonds. The van der Waals surface area contributed by atoms with Crippen LogP contribution >= 0.6 is 0 Å². The molecule has 5 nitrogen and oxygen atoms in total. The maximum atomic E-state index is 12.8. The normalized spacial score (nSPS) is 22.2. The molecule has 2 aromatic carbocycles. The number of esters is 1. The van der Waals surface area contributed by atoms with Crippen molar-refractivity contribution in [3.63, 3.8) is 0 Å². The number of hydrogen-bond acceptors (Lipinski definition) is 4. The van der Waals surface area contributed by atoms with Crippen molar-refractivity contribution >= 4 is 12.1 Å². The molecule has 5 radical (unpaired) electrons. The van der Waals surface area contributed by atoms with Crippen LogP contribution in [0.25, 0.3) is 11.1 Å². The predicted octanol–water partition coefficient (Wildman–Crippen LogP) is 5.42. The number of benzene rings is 2. The molecular weight excluding hydrogens is 426 g/mol. The van der Waals surface area contributed by atoms with Gasteiger partial charge in [0.2, 0.25) is 0 Å². The summed E-state index contributed by atoms with van der Waals surface area (Å²) in [5.41, 5.74) is 4.27. The first-order valence-electron chi connectivity index (χ1n) is 11.9. The molecule has 34 heavy (non-hydrogen) atoms. The van der Waals surface area contributed by atoms with E-state index in [0.29, 0.717) is 12.8 Å². The zero-order valence-corrected chi connectivity index (χ0v) is 19.8. The minimum atomic E-state index is -0.510. The summed E-state index contributed by atoms with van der Waals surface area (Å²) in [5.74, 6) is 2.00. The second kappa shape index (κ2) is 9.09. The van der Waals surface area contributed by atoms with Crippen LogP contribution in [0.2, 0.25) is 0 Å². The van der Waals surface area contributed by atoms with Crippen LogP contribution in [0.1, 0.15) is 50.7 Å². The third kappa shape index (κ3) is 4.57. The molecule has 0 aromatic heterocycles. The number of hydrogen-bond donors (Lipinski definition) is 1. The minimum absolute atomic E-state index is 0.0242. The SMILES string of the molecule is CC(C)(C)OC(=O)C[C@@H]1C[C@@H](NC(=O)OCC2c3ccccc3-c3ccccc32)[C]2[CH][CH][CH][C]21. The standard InChI is InChI=1S/C29H30NO4/c1-29(2,3)34-27(31)16-18-15-26(24-14-8-13-19(18)24)30-28(32)33-17-25-22-11-6-4-9-20(22)21-10-5-7-12-23(21)25/h4-14,18,25-26H,15-17H2,1-3H3,(H,30,32)/t18-,26+/m0/s1. The van der Waals surface area contributed by atoms with Crippen molar-refractivity contribution in [2.24, 2.45) is 5.92 Å². The minimum Gasteiger partial charge on any atom is -0.460 e. The first-order valence-corrected chi connectivity index (χ1v) is 11.9. The maximum Gasteiger partial charge on any atom is 0.407 e. The molecule has 2 fully saturated rings. The molecule has 5 heteroatoms. The summed E-state index contributed by atoms with van der Waals surface area (Å²) >= 11 is 0. The number of fused-ring (bicyclic) bond motifs is 4. The van der Waals surface area contributed by atoms with E-state index in [0.717, 1.165) is 11.8 Å². The highest BCUT2D eigenvalue weighted by molar-refractivity contribution is 5.79. The Balaban J connectivity index is 1.20. The Morgan fingerprint density at radius 3 is 2.21 bits per heavy atom. The summed E-state index contributed by atoms with van der Waals surface area (Å²) in [6, 6.07) is 16.4. The van der Waals surface area contributed by atoms with Gasteiger partial charge in [0, 0.05) is 24.3 Å². The molecule has 3 aliphatic carbocycles. The Labute approximate surface area is 202 Å². The second-order valence-corrected chi connectivity index (χ2v) is 10.2. The summed E-state index contributed by atoms with van der Waals surface area (Å²) < 4.78 is 11.2. The topological polar surface area (TPSA) is 64.6 Å². The Morgan fingerprint density at radius 2 is 1.56 bits per heavy atom. The van der Waals surface area contributed by atoms with Gasteiger partial charge >= 0.3 is 12.1 Å². The fourth-order valence-electron chi connectivity index (χ4n) is 5.37. The van der Waals surface area contributed by atoms with Crippen molar-refractivity contribution in [3.8, 4) is 11.1 Å². The van der Waals surface area contributed by atoms with Gasteiger partial charge in [-0.3, -0.25) is 4.79 Å². The zero-order valence-electron chi connectivity index (χ0n) is 19.8. The highest BCUT2D eigenvalue weighted by Gasteiger charge is 2.48. The molecule has 1 N–H and O–H groups in total. The van der Waals surface area contributed by atoms with Crippen molar-refractivity contribution in [1.82, 2.24) is 5.32 Å². The van der Waals surface area contributed by atoms with Gasteiger partial charge in [0.25, 0.3) is 0 Å². The van der Waals surface area contributed by atoms with Crippen LogP contribution in [0.5, 0.6) is 0 Å². The molecule has 0 unspecified atom stereocenters. The number of carbonyl (C=O) groups is 2. The number of nitrogens with one attached hydrogen (secondary N) is 1. The van der Waals surface area contributed by atoms with Gasteiger partial charge < -0.3 is 14.8 Å². The molecule has 3 aliphatic rings. The first-order chi connectivity index (χ1) is 16.3. The number of amides is 1. The first kappa shape index (κ1) is 22.9. The lowest BCUT2D eigenvalue weighted by atomic mass is 9.89. The van der Waals surface area contributed by atoms with Gasteiger partial charge in [-0.15, -0.1) is 0 Å². The summed E-state index contributed by atoms with van der Waals surface area (Å²) in [4.78, 5) is 25.2. The average Bonchev–Trinajstić information content (AvgIpc) is 3.46. The van der Waals surface area contributed by atoms with E-state index in [2.05, 4.69) is 29.6 Å². The summed E-state index contributed by atoms with van der Waals surface area (Å²) in [6.07, 6.45) is 6.55. The molecule has 2 atom stereocenters. The van der Waals surface area contributed by atoms with Gasteiger partial charge in [0.1, 0.15) is 12.2 Å². The molecule has 2 aromatic rings. The van der Waals surface area contributed by atoms with Crippen LogP contribution in [-0.2, 0) is 14.3 Å². The van der Waals surface area contributed by atoms with Crippen LogP contribution < -0.4 is 5.32 Å². The summed E-state index contributed by atoms with van der Waals surface area (Å²) in [6.45, 7) is 5.89. The fourth-order valence-corrected chi connectivity index (χ4v) is 5.37. The van der Waals surface area contributed by atoms with E-state index in [-0.39, 0.29) is 30.5 Å². The number of alkyl carbamates (subject to hydrolysis) is 1. The zero-order chi connectivity index (χ0) is 23.9. The predicted molar refractivity (Wildman–Crippen MR) is 130 cm³/mol. The third-order valence-electron chi connectivity index (χ3n) is 6.69. The monoisotopic (exact) mass is 456 g/mol. The third-order valence-corrected chi connectivity index (χ3v) is 6.69. The molecule has 0 heterocycles. The van der Waals surface area contributed by atoms with Crippen LogP contribution in [0.4, 0.5) is 4.79 Å². The molecule has 175 valence electrons. The Morgan fingerprint density at radius 1 is 0.941 bits per heavy atom. The van der Waals surface area contributed by atoms with E-state index in [1.54, 1.807) is 0 Å². The number of carbonyl (C=O) groups excluding carboxylic acids is 2. The highest BCUT2D eigenvalue weighted by atomic mass is 16.6. The molecule has 0 spiro atoms. The summed E-state index contributed by atoms with van der Waals surface area (Å²) in [5, 5.41) is 3.03. The van der Waals surface area contributed by atoms with Gasteiger partial charge in [-0.05, 0) is 80.5 Å². The maximum absolute atomic E-state index is 12.8. The van der Waals surface area contributed by atoms with E-state index in [4.69, 9.17) is 9.47 Å². The van der Waals surface area contributed by atoms with Gasteiger partial charge in [-0.25, -0.2) is 4.79 Å². The van der Waals surface area contributed by atoms with E-state index in [9.17, 15) is 9.59 Å². The molecule has 0 aliphatic heterocycles. The van der Waals surface area contributed by atoms with Crippen LogP contribution in [-0.4, -0.2) is 30.3 Å². The van der Waals surface area contributed by atoms with Crippen molar-refractivity contribution < 1.29 is 19.1 Å². The van der Waals surface area contributed by atoms with Crippen LogP contribution in [0, 0.1) is 37.0 Å². The van der Waals surface area contributed by atoms with E-state index >= 15 is 0 Å². The smallest absolute Gasteiger partial charge is 0.407 e. The Bertz CT molecular complexity index is 1030. The van der Waals surface area contributed by atoms with Crippen molar-refractivity contribution in [2.75, 3.05) is 6.61 Å². The van der Waals surface area contributed by atoms with Crippen LogP contribution in [0.15, 0.2) is 48.5 Å². The van der Waals surface area contributed by atoms with Crippen molar-refractivity contribution in [1.29, 1.82) is 0 Å². The molecule has 0 saturated heterocycles. The largest absolute Gasteiger partial charge is 0.460 e. The van der Waals surface area contributed by atoms with Crippen LogP contribution in [0.3, 0.4) is 0 Å². The van der Waals surface area contributed by atoms with Gasteiger partial charge in [-0.2, -0.15) is 0 Å². The van der Waals surface area contributed by atoms with Crippen molar-refractivity contribution in [3.05, 3.63) is 90.8 Å². The number of ether oxygens (including phenoxy) is 2. The lowest BCUT2D eigenvalue weighted by Gasteiger charge is -2.22. The lowest BCUT2D eigenvalue weighted by Crippen LogP contribution is -2.37. The Kier molecular flexibility index (Phi) is 6.13. The van der Waals surface area contributed by atoms with E-state index in [1.807, 2.05) is 64.3 Å². The molecule has 0 bridgehead atoms. The van der Waals surface area contributed by atoms with Gasteiger partial charge in [0.05, 0.1) is 0 Å². The van der Waals surface area contributed by atoms with Gasteiger partial charge in [0.15, 0.2) is 0 Å². The average molecular weight is 457 g/mol. The lowest BCUT2D eigenvalue weighted by molar-refractivity contribution is -0.155. The summed E-state index contributed by atoms with van der Waals surface area (Å²) in [7, 11) is 0. The Hall–Kier alpha value is -2.82. The van der Waals surface area contributed by atoms with E-state index < -0.39 is 11.7 Å². The van der Waals surface area contributed by atoms with E-state index in [1.165, 1.54) is 22.3 Å². The molecular formula is C29H30NO4. The second-order valence-electron chi connectivity index (χ2n) is 10.2. The fraction of sp³-hybridized carbons (Fsp3) is 0.345. The quantitative estimate of drug-likeness (QED) is 0.610. The molecule has 2 saturated carbocycles. The van der Waals surface area contributed by atoms with Crippen molar-refractivity contribution in [2.45, 2.75) is 51.2 Å². The highest BCUT2D eigenvalue weighted by Crippen LogP contribution is 2.51. The number of rotatable bonds is 5. The molecule has 5 rings (SSSR count). The van der Waals surface area contributed by atoms with Gasteiger partial charge in [-0.1, -0.05) is 48.5 Å².